The molecule has 0 bridgehead atoms. The second kappa shape index (κ2) is 10.2. The van der Waals surface area contributed by atoms with Crippen LogP contribution in [0.1, 0.15) is 32.6 Å². The van der Waals surface area contributed by atoms with Crippen LogP contribution in [0.2, 0.25) is 0 Å². The molecule has 0 saturated carbocycles. The molecule has 4 nitrogen and oxygen atoms in total. The molecule has 0 heterocycles. The SMILES string of the molecule is CCCCCC[S+]([O-])/C(F)=C/COC(=O)N(C)C. The maximum atomic E-state index is 13.3. The topological polar surface area (TPSA) is 52.6 Å². The average molecular weight is 279 g/mol. The zero-order chi connectivity index (χ0) is 14.0. The fourth-order valence-electron chi connectivity index (χ4n) is 1.16. The molecule has 0 fully saturated rings. The summed E-state index contributed by atoms with van der Waals surface area (Å²) in [5, 5.41) is -0.710. The van der Waals surface area contributed by atoms with Crippen LogP contribution in [-0.4, -0.2) is 42.0 Å². The van der Waals surface area contributed by atoms with Crippen molar-refractivity contribution in [2.75, 3.05) is 26.5 Å². The largest absolute Gasteiger partial charge is 0.610 e. The fourth-order valence-corrected chi connectivity index (χ4v) is 2.07. The predicted octanol–water partition coefficient (Wildman–Crippen LogP) is 2.82. The number of hydrogen-bond donors (Lipinski definition) is 0. The molecule has 0 radical (unpaired) electrons. The lowest BCUT2D eigenvalue weighted by Gasteiger charge is -2.10. The van der Waals surface area contributed by atoms with Gasteiger partial charge in [0.05, 0.1) is 0 Å². The van der Waals surface area contributed by atoms with Gasteiger partial charge in [-0.25, -0.2) is 4.79 Å². The minimum absolute atomic E-state index is 0.191. The highest BCUT2D eigenvalue weighted by Crippen LogP contribution is 2.12. The third-order valence-corrected chi connectivity index (χ3v) is 3.48. The molecule has 0 rings (SSSR count). The third kappa shape index (κ3) is 8.36. The summed E-state index contributed by atoms with van der Waals surface area (Å²) < 4.78 is 29.4. The van der Waals surface area contributed by atoms with Crippen LogP contribution in [0.25, 0.3) is 0 Å². The Morgan fingerprint density at radius 2 is 2.06 bits per heavy atom. The zero-order valence-corrected chi connectivity index (χ0v) is 12.1. The van der Waals surface area contributed by atoms with E-state index in [0.717, 1.165) is 31.8 Å². The van der Waals surface area contributed by atoms with E-state index in [1.165, 1.54) is 19.0 Å². The van der Waals surface area contributed by atoms with E-state index in [2.05, 4.69) is 6.92 Å². The second-order valence-electron chi connectivity index (χ2n) is 4.09. The van der Waals surface area contributed by atoms with E-state index in [1.54, 1.807) is 0 Å². The molecule has 0 aliphatic rings. The minimum atomic E-state index is -1.60. The first-order valence-corrected chi connectivity index (χ1v) is 7.39. The molecule has 1 unspecified atom stereocenters. The maximum Gasteiger partial charge on any atom is 0.409 e. The van der Waals surface area contributed by atoms with Gasteiger partial charge >= 0.3 is 6.09 Å². The Morgan fingerprint density at radius 3 is 2.61 bits per heavy atom. The lowest BCUT2D eigenvalue weighted by atomic mass is 10.2. The molecule has 1 amide bonds. The van der Waals surface area contributed by atoms with Gasteiger partial charge in [0, 0.05) is 31.3 Å². The summed E-state index contributed by atoms with van der Waals surface area (Å²) in [5.74, 6) is 0.323. The van der Waals surface area contributed by atoms with Crippen LogP contribution in [0.5, 0.6) is 0 Å². The molecule has 0 N–H and O–H groups in total. The number of amides is 1. The first-order chi connectivity index (χ1) is 8.49. The molecule has 6 heteroatoms. The molecule has 0 aromatic rings. The van der Waals surface area contributed by atoms with Gasteiger partial charge in [-0.1, -0.05) is 19.8 Å². The number of hydrogen-bond acceptors (Lipinski definition) is 3. The lowest BCUT2D eigenvalue weighted by Crippen LogP contribution is -2.22. The number of carbonyl (C=O) groups excluding carboxylic acids is 1. The summed E-state index contributed by atoms with van der Waals surface area (Å²) in [4.78, 5) is 12.3. The molecule has 0 aliphatic heterocycles. The quantitative estimate of drug-likeness (QED) is 0.507. The standard InChI is InChI=1S/C12H22FNO3S/c1-4-5-6-7-10-18(16)11(13)8-9-17-12(15)14(2)3/h8H,4-7,9-10H2,1-3H3/b11-8+. The Labute approximate surface area is 111 Å². The molecule has 1 atom stereocenters. The van der Waals surface area contributed by atoms with Crippen molar-refractivity contribution in [2.45, 2.75) is 32.6 Å². The molecule has 0 aliphatic carbocycles. The number of unbranched alkanes of at least 4 members (excludes halogenated alkanes) is 3. The van der Waals surface area contributed by atoms with Crippen molar-refractivity contribution in [2.24, 2.45) is 0 Å². The number of ether oxygens (including phenoxy) is 1. The van der Waals surface area contributed by atoms with Crippen LogP contribution in [-0.2, 0) is 15.9 Å². The van der Waals surface area contributed by atoms with Crippen molar-refractivity contribution in [3.8, 4) is 0 Å². The zero-order valence-electron chi connectivity index (χ0n) is 11.3. The number of nitrogens with zero attached hydrogens (tertiary/aromatic N) is 1. The predicted molar refractivity (Wildman–Crippen MR) is 71.4 cm³/mol. The van der Waals surface area contributed by atoms with Crippen molar-refractivity contribution >= 4 is 17.3 Å². The Hall–Kier alpha value is -0.750. The summed E-state index contributed by atoms with van der Waals surface area (Å²) in [5.41, 5.74) is 0. The monoisotopic (exact) mass is 279 g/mol. The van der Waals surface area contributed by atoms with Crippen molar-refractivity contribution in [1.29, 1.82) is 0 Å². The van der Waals surface area contributed by atoms with Gasteiger partial charge in [-0.05, 0) is 12.8 Å². The van der Waals surface area contributed by atoms with Gasteiger partial charge < -0.3 is 14.2 Å². The second-order valence-corrected chi connectivity index (χ2v) is 5.58. The molecule has 0 spiro atoms. The van der Waals surface area contributed by atoms with Gasteiger partial charge in [-0.3, -0.25) is 0 Å². The van der Waals surface area contributed by atoms with Gasteiger partial charge in [-0.2, -0.15) is 4.39 Å². The number of rotatable bonds is 8. The summed E-state index contributed by atoms with van der Waals surface area (Å²) in [7, 11) is 3.07. The Morgan fingerprint density at radius 1 is 1.39 bits per heavy atom. The molecule has 0 aromatic heterocycles. The summed E-state index contributed by atoms with van der Waals surface area (Å²) >= 11 is -1.60. The molecular weight excluding hydrogens is 257 g/mol. The van der Waals surface area contributed by atoms with Crippen LogP contribution in [0.4, 0.5) is 9.18 Å². The highest BCUT2D eigenvalue weighted by Gasteiger charge is 2.13. The summed E-state index contributed by atoms with van der Waals surface area (Å²) in [6, 6.07) is 0. The van der Waals surface area contributed by atoms with Crippen LogP contribution in [0.15, 0.2) is 11.2 Å². The molecule has 0 saturated heterocycles. The van der Waals surface area contributed by atoms with E-state index >= 15 is 0 Å². The van der Waals surface area contributed by atoms with Gasteiger partial charge in [0.15, 0.2) is 0 Å². The van der Waals surface area contributed by atoms with Gasteiger partial charge in [-0.15, -0.1) is 0 Å². The highest BCUT2D eigenvalue weighted by atomic mass is 32.2. The Kier molecular flexibility index (Phi) is 9.77. The molecule has 106 valence electrons. The molecule has 0 aromatic carbocycles. The van der Waals surface area contributed by atoms with Crippen LogP contribution >= 0.6 is 0 Å². The lowest BCUT2D eigenvalue weighted by molar-refractivity contribution is 0.129. The highest BCUT2D eigenvalue weighted by molar-refractivity contribution is 7.95. The van der Waals surface area contributed by atoms with Crippen molar-refractivity contribution in [3.05, 3.63) is 11.2 Å². The minimum Gasteiger partial charge on any atom is -0.610 e. The fraction of sp³-hybridized carbons (Fsp3) is 0.750. The van der Waals surface area contributed by atoms with E-state index in [0.29, 0.717) is 5.75 Å². The Balaban J connectivity index is 3.83. The van der Waals surface area contributed by atoms with E-state index in [1.807, 2.05) is 0 Å². The molecule has 18 heavy (non-hydrogen) atoms. The van der Waals surface area contributed by atoms with Crippen LogP contribution in [0.3, 0.4) is 0 Å². The Bertz CT molecular complexity index is 272. The normalized spacial score (nSPS) is 13.3. The van der Waals surface area contributed by atoms with Gasteiger partial charge in [0.2, 0.25) is 0 Å². The maximum absolute atomic E-state index is 13.3. The van der Waals surface area contributed by atoms with Crippen molar-refractivity contribution in [3.63, 3.8) is 0 Å². The number of halogens is 1. The van der Waals surface area contributed by atoms with Crippen molar-refractivity contribution in [1.82, 2.24) is 4.90 Å². The van der Waals surface area contributed by atoms with Crippen molar-refractivity contribution < 1.29 is 18.5 Å². The smallest absolute Gasteiger partial charge is 0.409 e. The van der Waals surface area contributed by atoms with Gasteiger partial charge in [0.25, 0.3) is 5.16 Å². The van der Waals surface area contributed by atoms with E-state index in [9.17, 15) is 13.7 Å². The molecular formula is C12H22FNO3S. The summed E-state index contributed by atoms with van der Waals surface area (Å²) in [6.07, 6.45) is 4.38. The third-order valence-electron chi connectivity index (χ3n) is 2.22. The van der Waals surface area contributed by atoms with E-state index in [-0.39, 0.29) is 6.61 Å². The van der Waals surface area contributed by atoms with Gasteiger partial charge in [0.1, 0.15) is 12.4 Å². The first-order valence-electron chi connectivity index (χ1n) is 6.07. The summed E-state index contributed by atoms with van der Waals surface area (Å²) in [6.45, 7) is 1.89. The van der Waals surface area contributed by atoms with Crippen LogP contribution in [0, 0.1) is 0 Å². The van der Waals surface area contributed by atoms with Crippen LogP contribution < -0.4 is 0 Å². The average Bonchev–Trinajstić information content (AvgIpc) is 2.33. The van der Waals surface area contributed by atoms with E-state index in [4.69, 9.17) is 4.74 Å². The number of carbonyl (C=O) groups is 1. The van der Waals surface area contributed by atoms with E-state index < -0.39 is 22.4 Å². The first kappa shape index (κ1) is 17.2.